The minimum atomic E-state index is -0.429. The molecule has 5 heteroatoms. The predicted molar refractivity (Wildman–Crippen MR) is 81.0 cm³/mol. The van der Waals surface area contributed by atoms with Crippen LogP contribution in [0.1, 0.15) is 38.2 Å². The second-order valence-electron chi connectivity index (χ2n) is 5.93. The number of hydrogen-bond donors (Lipinski definition) is 0. The molecule has 0 N–H and O–H groups in total. The number of nitro benzene ring substituents is 1. The molecule has 1 aromatic rings. The highest BCUT2D eigenvalue weighted by atomic mass is 16.6. The van der Waals surface area contributed by atoms with E-state index in [1.807, 2.05) is 11.9 Å². The zero-order chi connectivity index (χ0) is 15.4. The Morgan fingerprint density at radius 1 is 1.29 bits per heavy atom. The molecule has 0 bridgehead atoms. The van der Waals surface area contributed by atoms with Gasteiger partial charge in [-0.25, -0.2) is 0 Å². The maximum atomic E-state index is 12.4. The van der Waals surface area contributed by atoms with Crippen molar-refractivity contribution < 1.29 is 9.72 Å². The van der Waals surface area contributed by atoms with E-state index in [1.165, 1.54) is 31.4 Å². The Bertz CT molecular complexity index is 513. The van der Waals surface area contributed by atoms with Gasteiger partial charge in [-0.1, -0.05) is 31.9 Å². The number of hydrogen-bond acceptors (Lipinski definition) is 3. The molecule has 0 aliphatic heterocycles. The Morgan fingerprint density at radius 3 is 2.48 bits per heavy atom. The van der Waals surface area contributed by atoms with E-state index in [0.29, 0.717) is 18.4 Å². The maximum absolute atomic E-state index is 12.4. The summed E-state index contributed by atoms with van der Waals surface area (Å²) < 4.78 is 0. The average molecular weight is 290 g/mol. The minimum absolute atomic E-state index is 0.0560. The first-order valence-electron chi connectivity index (χ1n) is 7.48. The van der Waals surface area contributed by atoms with Crippen molar-refractivity contribution >= 4 is 11.6 Å². The summed E-state index contributed by atoms with van der Waals surface area (Å²) in [6.45, 7) is 2.21. The second kappa shape index (κ2) is 6.70. The molecule has 0 spiro atoms. The first-order chi connectivity index (χ1) is 9.99. The van der Waals surface area contributed by atoms with Crippen LogP contribution in [0.4, 0.5) is 5.69 Å². The largest absolute Gasteiger partial charge is 0.342 e. The van der Waals surface area contributed by atoms with Crippen molar-refractivity contribution in [3.63, 3.8) is 0 Å². The predicted octanol–water partition coefficient (Wildman–Crippen LogP) is 3.17. The molecule has 21 heavy (non-hydrogen) atoms. The minimum Gasteiger partial charge on any atom is -0.342 e. The number of benzene rings is 1. The lowest BCUT2D eigenvalue weighted by molar-refractivity contribution is -0.384. The van der Waals surface area contributed by atoms with Gasteiger partial charge in [-0.05, 0) is 24.3 Å². The second-order valence-corrected chi connectivity index (χ2v) is 5.93. The summed E-state index contributed by atoms with van der Waals surface area (Å²) in [5.74, 6) is 0.632. The first-order valence-corrected chi connectivity index (χ1v) is 7.48. The van der Waals surface area contributed by atoms with E-state index in [4.69, 9.17) is 0 Å². The van der Waals surface area contributed by atoms with Crippen LogP contribution in [0.5, 0.6) is 0 Å². The zero-order valence-corrected chi connectivity index (χ0v) is 12.6. The van der Waals surface area contributed by atoms with Crippen molar-refractivity contribution in [3.05, 3.63) is 39.9 Å². The van der Waals surface area contributed by atoms with Crippen LogP contribution in [0.2, 0.25) is 0 Å². The van der Waals surface area contributed by atoms with E-state index in [2.05, 4.69) is 6.92 Å². The molecule has 1 amide bonds. The quantitative estimate of drug-likeness (QED) is 0.632. The number of carbonyl (C=O) groups excluding carboxylic acids is 1. The summed E-state index contributed by atoms with van der Waals surface area (Å²) in [4.78, 5) is 24.4. The molecule has 2 atom stereocenters. The molecule has 2 rings (SSSR count). The van der Waals surface area contributed by atoms with E-state index >= 15 is 0 Å². The molecule has 1 aliphatic rings. The van der Waals surface area contributed by atoms with Crippen LogP contribution < -0.4 is 0 Å². The molecular formula is C16H22N2O3. The van der Waals surface area contributed by atoms with Gasteiger partial charge in [0.05, 0.1) is 11.3 Å². The van der Waals surface area contributed by atoms with E-state index in [9.17, 15) is 14.9 Å². The molecule has 2 unspecified atom stereocenters. The van der Waals surface area contributed by atoms with E-state index in [-0.39, 0.29) is 11.6 Å². The van der Waals surface area contributed by atoms with Crippen LogP contribution in [-0.2, 0) is 11.2 Å². The molecule has 0 saturated heterocycles. The van der Waals surface area contributed by atoms with Crippen molar-refractivity contribution in [1.82, 2.24) is 4.90 Å². The van der Waals surface area contributed by atoms with Gasteiger partial charge in [-0.2, -0.15) is 0 Å². The van der Waals surface area contributed by atoms with Gasteiger partial charge in [0.1, 0.15) is 0 Å². The van der Waals surface area contributed by atoms with E-state index < -0.39 is 4.92 Å². The Labute approximate surface area is 125 Å². The molecule has 0 aromatic heterocycles. The monoisotopic (exact) mass is 290 g/mol. The maximum Gasteiger partial charge on any atom is 0.269 e. The number of nitro groups is 1. The van der Waals surface area contributed by atoms with Crippen LogP contribution in [0.15, 0.2) is 24.3 Å². The van der Waals surface area contributed by atoms with E-state index in [1.54, 1.807) is 12.1 Å². The standard InChI is InChI=1S/C16H22N2O3/c1-12-5-3-4-6-15(12)17(2)16(19)11-13-7-9-14(10-8-13)18(20)21/h7-10,12,15H,3-6,11H2,1-2H3. The van der Waals surface area contributed by atoms with Gasteiger partial charge in [-0.15, -0.1) is 0 Å². The third-order valence-electron chi connectivity index (χ3n) is 4.46. The van der Waals surface area contributed by atoms with Gasteiger partial charge in [0.15, 0.2) is 0 Å². The van der Waals surface area contributed by atoms with Crippen molar-refractivity contribution in [2.24, 2.45) is 5.92 Å². The van der Waals surface area contributed by atoms with Crippen molar-refractivity contribution in [2.45, 2.75) is 45.1 Å². The molecule has 0 heterocycles. The zero-order valence-electron chi connectivity index (χ0n) is 12.6. The number of amides is 1. The summed E-state index contributed by atoms with van der Waals surface area (Å²) in [6, 6.07) is 6.55. The van der Waals surface area contributed by atoms with Gasteiger partial charge in [0, 0.05) is 25.2 Å². The SMILES string of the molecule is CC1CCCCC1N(C)C(=O)Cc1ccc([N+](=O)[O-])cc1. The fourth-order valence-corrected chi connectivity index (χ4v) is 3.09. The van der Waals surface area contributed by atoms with Crippen LogP contribution in [0.25, 0.3) is 0 Å². The van der Waals surface area contributed by atoms with Crippen molar-refractivity contribution in [3.8, 4) is 0 Å². The summed E-state index contributed by atoms with van der Waals surface area (Å²) >= 11 is 0. The van der Waals surface area contributed by atoms with Gasteiger partial charge in [0.25, 0.3) is 5.69 Å². The lowest BCUT2D eigenvalue weighted by Crippen LogP contribution is -2.43. The highest BCUT2D eigenvalue weighted by Crippen LogP contribution is 2.27. The fourth-order valence-electron chi connectivity index (χ4n) is 3.09. The Hall–Kier alpha value is -1.91. The third kappa shape index (κ3) is 3.80. The van der Waals surface area contributed by atoms with Gasteiger partial charge in [0.2, 0.25) is 5.91 Å². The Morgan fingerprint density at radius 2 is 1.90 bits per heavy atom. The van der Waals surface area contributed by atoms with Crippen LogP contribution in [0, 0.1) is 16.0 Å². The first kappa shape index (κ1) is 15.5. The molecule has 0 radical (unpaired) electrons. The number of non-ortho nitro benzene ring substituents is 1. The molecule has 114 valence electrons. The third-order valence-corrected chi connectivity index (χ3v) is 4.46. The summed E-state index contributed by atoms with van der Waals surface area (Å²) in [5, 5.41) is 10.6. The van der Waals surface area contributed by atoms with Crippen LogP contribution in [0.3, 0.4) is 0 Å². The normalized spacial score (nSPS) is 21.8. The summed E-state index contributed by atoms with van der Waals surface area (Å²) in [6.07, 6.45) is 4.99. The summed E-state index contributed by atoms with van der Waals surface area (Å²) in [5.41, 5.74) is 0.876. The average Bonchev–Trinajstić information content (AvgIpc) is 2.47. The molecule has 1 saturated carbocycles. The Kier molecular flexibility index (Phi) is 4.94. The smallest absolute Gasteiger partial charge is 0.269 e. The van der Waals surface area contributed by atoms with Crippen LogP contribution in [-0.4, -0.2) is 28.8 Å². The number of carbonyl (C=O) groups is 1. The topological polar surface area (TPSA) is 63.5 Å². The lowest BCUT2D eigenvalue weighted by Gasteiger charge is -2.36. The van der Waals surface area contributed by atoms with Crippen molar-refractivity contribution in [2.75, 3.05) is 7.05 Å². The molecule has 1 fully saturated rings. The number of rotatable bonds is 4. The Balaban J connectivity index is 1.98. The van der Waals surface area contributed by atoms with Gasteiger partial charge in [-0.3, -0.25) is 14.9 Å². The van der Waals surface area contributed by atoms with E-state index in [0.717, 1.165) is 12.0 Å². The number of likely N-dealkylation sites (N-methyl/N-ethyl adjacent to an activating group) is 1. The van der Waals surface area contributed by atoms with Gasteiger partial charge < -0.3 is 4.90 Å². The van der Waals surface area contributed by atoms with Crippen molar-refractivity contribution in [1.29, 1.82) is 0 Å². The van der Waals surface area contributed by atoms with Gasteiger partial charge >= 0.3 is 0 Å². The lowest BCUT2D eigenvalue weighted by atomic mass is 9.85. The summed E-state index contributed by atoms with van der Waals surface area (Å²) in [7, 11) is 1.88. The molecule has 5 nitrogen and oxygen atoms in total. The molecule has 1 aromatic carbocycles. The molecule has 1 aliphatic carbocycles. The number of nitrogens with zero attached hydrogens (tertiary/aromatic N) is 2. The highest BCUT2D eigenvalue weighted by Gasteiger charge is 2.27. The van der Waals surface area contributed by atoms with Crippen LogP contribution >= 0.6 is 0 Å². The highest BCUT2D eigenvalue weighted by molar-refractivity contribution is 5.79. The molecular weight excluding hydrogens is 268 g/mol. The fraction of sp³-hybridized carbons (Fsp3) is 0.562.